The Kier molecular flexibility index (Phi) is 5.91. The van der Waals surface area contributed by atoms with E-state index in [0.717, 1.165) is 11.1 Å². The lowest BCUT2D eigenvalue weighted by Crippen LogP contribution is -2.31. The molecular weight excluding hydrogens is 388 g/mol. The largest absolute Gasteiger partial charge is 0.326 e. The second-order valence-corrected chi connectivity index (χ2v) is 7.16. The van der Waals surface area contributed by atoms with Crippen LogP contribution in [0.15, 0.2) is 78.9 Å². The van der Waals surface area contributed by atoms with Crippen molar-refractivity contribution < 1.29 is 14.4 Å². The van der Waals surface area contributed by atoms with E-state index in [1.54, 1.807) is 30.3 Å². The van der Waals surface area contributed by atoms with Gasteiger partial charge in [0.15, 0.2) is 0 Å². The first-order chi connectivity index (χ1) is 15.1. The molecule has 1 heterocycles. The summed E-state index contributed by atoms with van der Waals surface area (Å²) in [5.41, 5.74) is 3.22. The van der Waals surface area contributed by atoms with E-state index in [4.69, 9.17) is 0 Å². The predicted octanol–water partition coefficient (Wildman–Crippen LogP) is 4.10. The number of nitrogens with zero attached hydrogens (tertiary/aromatic N) is 1. The Hall–Kier alpha value is -4.17. The summed E-state index contributed by atoms with van der Waals surface area (Å²) in [4.78, 5) is 38.3. The molecule has 0 unspecified atom stereocenters. The van der Waals surface area contributed by atoms with Gasteiger partial charge in [0.2, 0.25) is 5.91 Å². The molecule has 3 aromatic carbocycles. The van der Waals surface area contributed by atoms with Crippen molar-refractivity contribution in [3.05, 3.63) is 101 Å². The summed E-state index contributed by atoms with van der Waals surface area (Å²) in [6.45, 7) is 0.211. The third kappa shape index (κ3) is 4.71. The number of rotatable bonds is 5. The van der Waals surface area contributed by atoms with E-state index in [1.165, 1.54) is 4.90 Å². The number of imide groups is 1. The summed E-state index contributed by atoms with van der Waals surface area (Å²) in [5, 5.41) is 2.85. The number of amides is 3. The third-order valence-electron chi connectivity index (χ3n) is 4.94. The van der Waals surface area contributed by atoms with E-state index in [0.29, 0.717) is 23.2 Å². The molecule has 0 saturated heterocycles. The highest BCUT2D eigenvalue weighted by Crippen LogP contribution is 2.22. The summed E-state index contributed by atoms with van der Waals surface area (Å²) in [6, 6.07) is 23.8. The summed E-state index contributed by atoms with van der Waals surface area (Å²) in [7, 11) is 0. The van der Waals surface area contributed by atoms with E-state index in [-0.39, 0.29) is 30.7 Å². The van der Waals surface area contributed by atoms with Crippen LogP contribution in [-0.2, 0) is 4.79 Å². The topological polar surface area (TPSA) is 66.5 Å². The van der Waals surface area contributed by atoms with Gasteiger partial charge in [-0.2, -0.15) is 0 Å². The standard InChI is InChI=1S/C26H20N2O3/c29-24(14-7-17-28-25(30)22-12-4-5-13-23(22)26(28)31)27-21-11-6-10-20(18-21)16-15-19-8-2-1-3-9-19/h1-6,8-13,18H,7,14,17H2,(H,27,29). The lowest BCUT2D eigenvalue weighted by Gasteiger charge is -2.13. The molecule has 0 fully saturated rings. The van der Waals surface area contributed by atoms with Gasteiger partial charge in [-0.15, -0.1) is 0 Å². The number of fused-ring (bicyclic) bond motifs is 1. The lowest BCUT2D eigenvalue weighted by atomic mass is 10.1. The molecule has 1 N–H and O–H groups in total. The molecule has 1 aliphatic rings. The van der Waals surface area contributed by atoms with Gasteiger partial charge < -0.3 is 5.32 Å². The van der Waals surface area contributed by atoms with Crippen LogP contribution in [0, 0.1) is 11.8 Å². The fraction of sp³-hybridized carbons (Fsp3) is 0.115. The Balaban J connectivity index is 1.30. The van der Waals surface area contributed by atoms with Crippen molar-refractivity contribution in [2.45, 2.75) is 12.8 Å². The van der Waals surface area contributed by atoms with Crippen LogP contribution < -0.4 is 5.32 Å². The molecule has 0 saturated carbocycles. The quantitative estimate of drug-likeness (QED) is 0.511. The Morgan fingerprint density at radius 2 is 1.39 bits per heavy atom. The van der Waals surface area contributed by atoms with Gasteiger partial charge in [0.05, 0.1) is 11.1 Å². The van der Waals surface area contributed by atoms with E-state index >= 15 is 0 Å². The highest BCUT2D eigenvalue weighted by atomic mass is 16.2. The van der Waals surface area contributed by atoms with Gasteiger partial charge in [0.25, 0.3) is 11.8 Å². The Morgan fingerprint density at radius 3 is 2.10 bits per heavy atom. The van der Waals surface area contributed by atoms with Crippen molar-refractivity contribution in [3.63, 3.8) is 0 Å². The molecule has 0 radical (unpaired) electrons. The fourth-order valence-electron chi connectivity index (χ4n) is 3.40. The first-order valence-corrected chi connectivity index (χ1v) is 10.0. The highest BCUT2D eigenvalue weighted by Gasteiger charge is 2.34. The van der Waals surface area contributed by atoms with Gasteiger partial charge in [-0.1, -0.05) is 48.2 Å². The zero-order chi connectivity index (χ0) is 21.6. The molecule has 4 rings (SSSR count). The molecule has 3 amide bonds. The zero-order valence-electron chi connectivity index (χ0n) is 16.8. The molecule has 1 aliphatic heterocycles. The van der Waals surface area contributed by atoms with Gasteiger partial charge in [0.1, 0.15) is 0 Å². The van der Waals surface area contributed by atoms with E-state index in [2.05, 4.69) is 17.2 Å². The minimum Gasteiger partial charge on any atom is -0.326 e. The van der Waals surface area contributed by atoms with Crippen LogP contribution in [0.5, 0.6) is 0 Å². The van der Waals surface area contributed by atoms with Crippen molar-refractivity contribution in [2.75, 3.05) is 11.9 Å². The van der Waals surface area contributed by atoms with Crippen molar-refractivity contribution in [2.24, 2.45) is 0 Å². The molecule has 5 nitrogen and oxygen atoms in total. The average molecular weight is 408 g/mol. The number of benzene rings is 3. The first kappa shape index (κ1) is 20.1. The van der Waals surface area contributed by atoms with Crippen LogP contribution in [-0.4, -0.2) is 29.2 Å². The third-order valence-corrected chi connectivity index (χ3v) is 4.94. The maximum absolute atomic E-state index is 12.4. The Bertz CT molecular complexity index is 1170. The molecule has 0 spiro atoms. The van der Waals surface area contributed by atoms with Crippen molar-refractivity contribution >= 4 is 23.4 Å². The van der Waals surface area contributed by atoms with Crippen LogP contribution in [0.1, 0.15) is 44.7 Å². The summed E-state index contributed by atoms with van der Waals surface area (Å²) < 4.78 is 0. The van der Waals surface area contributed by atoms with Gasteiger partial charge in [-0.05, 0) is 48.9 Å². The number of carbonyl (C=O) groups is 3. The predicted molar refractivity (Wildman–Crippen MR) is 119 cm³/mol. The summed E-state index contributed by atoms with van der Waals surface area (Å²) in [6.07, 6.45) is 0.595. The molecule has 3 aromatic rings. The van der Waals surface area contributed by atoms with Crippen LogP contribution in [0.25, 0.3) is 0 Å². The molecule has 0 atom stereocenters. The number of hydrogen-bond donors (Lipinski definition) is 1. The van der Waals surface area contributed by atoms with Crippen LogP contribution in [0.2, 0.25) is 0 Å². The Labute approximate surface area is 180 Å². The molecule has 31 heavy (non-hydrogen) atoms. The summed E-state index contributed by atoms with van der Waals surface area (Å²) >= 11 is 0. The minimum atomic E-state index is -0.300. The number of nitrogens with one attached hydrogen (secondary N) is 1. The van der Waals surface area contributed by atoms with Crippen molar-refractivity contribution in [1.29, 1.82) is 0 Å². The number of carbonyl (C=O) groups excluding carboxylic acids is 3. The summed E-state index contributed by atoms with van der Waals surface area (Å²) in [5.74, 6) is 5.40. The molecule has 5 heteroatoms. The number of anilines is 1. The van der Waals surface area contributed by atoms with E-state index in [9.17, 15) is 14.4 Å². The second kappa shape index (κ2) is 9.10. The molecular formula is C26H20N2O3. The van der Waals surface area contributed by atoms with Crippen molar-refractivity contribution in [3.8, 4) is 11.8 Å². The molecule has 0 aromatic heterocycles. The zero-order valence-corrected chi connectivity index (χ0v) is 16.8. The fourth-order valence-corrected chi connectivity index (χ4v) is 3.40. The maximum Gasteiger partial charge on any atom is 0.261 e. The van der Waals surface area contributed by atoms with Crippen molar-refractivity contribution in [1.82, 2.24) is 4.90 Å². The van der Waals surface area contributed by atoms with E-state index < -0.39 is 0 Å². The first-order valence-electron chi connectivity index (χ1n) is 10.0. The van der Waals surface area contributed by atoms with Gasteiger partial charge >= 0.3 is 0 Å². The van der Waals surface area contributed by atoms with Crippen LogP contribution in [0.3, 0.4) is 0 Å². The molecule has 152 valence electrons. The van der Waals surface area contributed by atoms with Gasteiger partial charge in [-0.3, -0.25) is 19.3 Å². The van der Waals surface area contributed by atoms with E-state index in [1.807, 2.05) is 48.5 Å². The number of hydrogen-bond acceptors (Lipinski definition) is 3. The molecule has 0 aliphatic carbocycles. The normalized spacial score (nSPS) is 12.2. The maximum atomic E-state index is 12.4. The van der Waals surface area contributed by atoms with Crippen LogP contribution >= 0.6 is 0 Å². The lowest BCUT2D eigenvalue weighted by molar-refractivity contribution is -0.116. The minimum absolute atomic E-state index is 0.176. The second-order valence-electron chi connectivity index (χ2n) is 7.16. The Morgan fingerprint density at radius 1 is 0.774 bits per heavy atom. The van der Waals surface area contributed by atoms with Crippen LogP contribution in [0.4, 0.5) is 5.69 Å². The average Bonchev–Trinajstić information content (AvgIpc) is 3.04. The monoisotopic (exact) mass is 408 g/mol. The van der Waals surface area contributed by atoms with Gasteiger partial charge in [0, 0.05) is 29.8 Å². The van der Waals surface area contributed by atoms with Gasteiger partial charge in [-0.25, -0.2) is 0 Å². The smallest absolute Gasteiger partial charge is 0.261 e. The highest BCUT2D eigenvalue weighted by molar-refractivity contribution is 6.21. The molecule has 0 bridgehead atoms. The SMILES string of the molecule is O=C(CCCN1C(=O)c2ccccc2C1=O)Nc1cccc(C#Cc2ccccc2)c1.